The Balaban J connectivity index is 1.61. The molecule has 3 rings (SSSR count). The van der Waals surface area contributed by atoms with Gasteiger partial charge in [-0.1, -0.05) is 43.6 Å². The van der Waals surface area contributed by atoms with E-state index in [4.69, 9.17) is 16.3 Å². The first-order chi connectivity index (χ1) is 10.0. The second-order valence-electron chi connectivity index (χ2n) is 6.84. The molecule has 2 aliphatic rings. The maximum Gasteiger partial charge on any atom is 0.0928 e. The molecule has 3 nitrogen and oxygen atoms in total. The lowest BCUT2D eigenvalue weighted by molar-refractivity contribution is -0.193. The number of rotatable bonds is 4. The van der Waals surface area contributed by atoms with E-state index in [1.807, 2.05) is 24.3 Å². The molecule has 4 unspecified atom stereocenters. The van der Waals surface area contributed by atoms with Crippen LogP contribution in [0.5, 0.6) is 0 Å². The van der Waals surface area contributed by atoms with E-state index in [-0.39, 0.29) is 5.41 Å². The van der Waals surface area contributed by atoms with Gasteiger partial charge in [-0.15, -0.1) is 0 Å². The van der Waals surface area contributed by atoms with Gasteiger partial charge in [0.15, 0.2) is 0 Å². The van der Waals surface area contributed by atoms with Crippen LogP contribution in [0.15, 0.2) is 24.3 Å². The summed E-state index contributed by atoms with van der Waals surface area (Å²) in [5.41, 5.74) is 0.922. The fourth-order valence-electron chi connectivity index (χ4n) is 4.03. The van der Waals surface area contributed by atoms with E-state index in [2.05, 4.69) is 19.2 Å². The lowest BCUT2D eigenvalue weighted by Crippen LogP contribution is -2.69. The zero-order valence-electron chi connectivity index (χ0n) is 12.7. The van der Waals surface area contributed by atoms with Crippen LogP contribution in [0.4, 0.5) is 0 Å². The minimum absolute atomic E-state index is 0.130. The van der Waals surface area contributed by atoms with Crippen molar-refractivity contribution in [3.63, 3.8) is 0 Å². The Morgan fingerprint density at radius 1 is 1.43 bits per heavy atom. The summed E-state index contributed by atoms with van der Waals surface area (Å²) < 4.78 is 5.91. The first-order valence-corrected chi connectivity index (χ1v) is 8.17. The first-order valence-electron chi connectivity index (χ1n) is 7.79. The monoisotopic (exact) mass is 309 g/mol. The maximum absolute atomic E-state index is 10.4. The average molecular weight is 310 g/mol. The van der Waals surface area contributed by atoms with E-state index in [9.17, 15) is 5.11 Å². The molecule has 0 amide bonds. The number of aliphatic hydroxyl groups is 1. The predicted octanol–water partition coefficient (Wildman–Crippen LogP) is 3.17. The standard InChI is InChI=1S/C17H24ClNO2/c1-17(2)15(12-7-5-9-21-16(12)17)19-10-14(20)11-6-3-4-8-13(11)18/h3-4,6,8,12,14-16,19-20H,5,7,9-10H2,1-2H3. The number of hydrogen-bond donors (Lipinski definition) is 2. The maximum atomic E-state index is 10.4. The molecule has 0 spiro atoms. The summed E-state index contributed by atoms with van der Waals surface area (Å²) >= 11 is 6.14. The van der Waals surface area contributed by atoms with Gasteiger partial charge in [0, 0.05) is 41.1 Å². The lowest BCUT2D eigenvalue weighted by atomic mass is 9.55. The van der Waals surface area contributed by atoms with Crippen LogP contribution < -0.4 is 5.32 Å². The first kappa shape index (κ1) is 15.3. The predicted molar refractivity (Wildman–Crippen MR) is 84.4 cm³/mol. The lowest BCUT2D eigenvalue weighted by Gasteiger charge is -2.60. The summed E-state index contributed by atoms with van der Waals surface area (Å²) in [5, 5.41) is 14.5. The van der Waals surface area contributed by atoms with Crippen LogP contribution in [0, 0.1) is 11.3 Å². The van der Waals surface area contributed by atoms with Crippen LogP contribution in [0.3, 0.4) is 0 Å². The van der Waals surface area contributed by atoms with Crippen LogP contribution in [-0.4, -0.2) is 30.4 Å². The summed E-state index contributed by atoms with van der Waals surface area (Å²) in [6, 6.07) is 7.89. The number of halogens is 1. The van der Waals surface area contributed by atoms with Crippen molar-refractivity contribution in [2.75, 3.05) is 13.2 Å². The van der Waals surface area contributed by atoms with Crippen molar-refractivity contribution < 1.29 is 9.84 Å². The minimum Gasteiger partial charge on any atom is -0.387 e. The molecule has 1 aromatic carbocycles. The second-order valence-corrected chi connectivity index (χ2v) is 7.25. The van der Waals surface area contributed by atoms with Gasteiger partial charge in [0.25, 0.3) is 0 Å². The van der Waals surface area contributed by atoms with E-state index < -0.39 is 6.10 Å². The highest BCUT2D eigenvalue weighted by Crippen LogP contribution is 2.51. The summed E-state index contributed by atoms with van der Waals surface area (Å²) in [6.45, 7) is 5.92. The van der Waals surface area contributed by atoms with Crippen LogP contribution in [0.25, 0.3) is 0 Å². The van der Waals surface area contributed by atoms with E-state index in [0.717, 1.165) is 18.6 Å². The van der Waals surface area contributed by atoms with E-state index in [0.29, 0.717) is 29.6 Å². The quantitative estimate of drug-likeness (QED) is 0.897. The molecule has 1 heterocycles. The van der Waals surface area contributed by atoms with Crippen molar-refractivity contribution in [1.29, 1.82) is 0 Å². The van der Waals surface area contributed by atoms with Gasteiger partial charge in [-0.05, 0) is 18.9 Å². The van der Waals surface area contributed by atoms with Crippen molar-refractivity contribution in [3.05, 3.63) is 34.9 Å². The van der Waals surface area contributed by atoms with Gasteiger partial charge in [0.05, 0.1) is 12.2 Å². The molecule has 2 fully saturated rings. The molecule has 0 aromatic heterocycles. The Kier molecular flexibility index (Phi) is 4.28. The van der Waals surface area contributed by atoms with Gasteiger partial charge in [-0.3, -0.25) is 0 Å². The average Bonchev–Trinajstić information content (AvgIpc) is 2.47. The molecular formula is C17H24ClNO2. The molecule has 21 heavy (non-hydrogen) atoms. The second kappa shape index (κ2) is 5.88. The summed E-state index contributed by atoms with van der Waals surface area (Å²) in [4.78, 5) is 0. The molecule has 4 atom stereocenters. The zero-order chi connectivity index (χ0) is 15.0. The number of ether oxygens (including phenoxy) is 1. The molecule has 1 saturated carbocycles. The van der Waals surface area contributed by atoms with Gasteiger partial charge < -0.3 is 15.2 Å². The van der Waals surface area contributed by atoms with Crippen LogP contribution in [0.1, 0.15) is 38.4 Å². The Hall–Kier alpha value is -0.610. The number of hydrogen-bond acceptors (Lipinski definition) is 3. The number of nitrogens with one attached hydrogen (secondary N) is 1. The highest BCUT2D eigenvalue weighted by Gasteiger charge is 2.57. The van der Waals surface area contributed by atoms with Crippen molar-refractivity contribution in [2.24, 2.45) is 11.3 Å². The highest BCUT2D eigenvalue weighted by atomic mass is 35.5. The van der Waals surface area contributed by atoms with Crippen LogP contribution in [-0.2, 0) is 4.74 Å². The van der Waals surface area contributed by atoms with E-state index in [1.54, 1.807) is 0 Å². The molecule has 4 heteroatoms. The molecule has 0 radical (unpaired) electrons. The Morgan fingerprint density at radius 3 is 2.95 bits per heavy atom. The van der Waals surface area contributed by atoms with Gasteiger partial charge in [-0.25, -0.2) is 0 Å². The molecule has 1 saturated heterocycles. The van der Waals surface area contributed by atoms with E-state index in [1.165, 1.54) is 6.42 Å². The van der Waals surface area contributed by atoms with Crippen molar-refractivity contribution in [3.8, 4) is 0 Å². The van der Waals surface area contributed by atoms with Gasteiger partial charge >= 0.3 is 0 Å². The SMILES string of the molecule is CC1(C)C(NCC(O)c2ccccc2Cl)C2CCCOC21. The number of benzene rings is 1. The van der Waals surface area contributed by atoms with Gasteiger partial charge in [0.1, 0.15) is 0 Å². The summed E-state index contributed by atoms with van der Waals surface area (Å²) in [7, 11) is 0. The molecule has 2 N–H and O–H groups in total. The van der Waals surface area contributed by atoms with Crippen molar-refractivity contribution in [1.82, 2.24) is 5.32 Å². The minimum atomic E-state index is -0.571. The third-order valence-electron chi connectivity index (χ3n) is 5.13. The van der Waals surface area contributed by atoms with Crippen LogP contribution >= 0.6 is 11.6 Å². The molecule has 1 aliphatic heterocycles. The molecule has 1 aromatic rings. The van der Waals surface area contributed by atoms with Gasteiger partial charge in [0.2, 0.25) is 0 Å². The summed E-state index contributed by atoms with van der Waals surface area (Å²) in [6.07, 6.45) is 2.15. The number of aliphatic hydroxyl groups excluding tert-OH is 1. The van der Waals surface area contributed by atoms with E-state index >= 15 is 0 Å². The molecule has 1 aliphatic carbocycles. The van der Waals surface area contributed by atoms with Gasteiger partial charge in [-0.2, -0.15) is 0 Å². The zero-order valence-corrected chi connectivity index (χ0v) is 13.4. The third-order valence-corrected chi connectivity index (χ3v) is 5.47. The molecular weight excluding hydrogens is 286 g/mol. The van der Waals surface area contributed by atoms with Crippen LogP contribution in [0.2, 0.25) is 5.02 Å². The largest absolute Gasteiger partial charge is 0.387 e. The van der Waals surface area contributed by atoms with Crippen molar-refractivity contribution in [2.45, 2.75) is 44.9 Å². The molecule has 0 bridgehead atoms. The van der Waals surface area contributed by atoms with Crippen molar-refractivity contribution >= 4 is 11.6 Å². The fourth-order valence-corrected chi connectivity index (χ4v) is 4.29. The normalized spacial score (nSPS) is 32.1. The third kappa shape index (κ3) is 2.72. The topological polar surface area (TPSA) is 41.5 Å². The Bertz CT molecular complexity index is 505. The summed E-state index contributed by atoms with van der Waals surface area (Å²) in [5.74, 6) is 0.576. The number of fused-ring (bicyclic) bond motifs is 1. The fraction of sp³-hybridized carbons (Fsp3) is 0.647. The Labute approximate surface area is 131 Å². The highest BCUT2D eigenvalue weighted by molar-refractivity contribution is 6.31. The Morgan fingerprint density at radius 2 is 2.19 bits per heavy atom. The molecule has 116 valence electrons. The smallest absolute Gasteiger partial charge is 0.0928 e.